The van der Waals surface area contributed by atoms with Crippen LogP contribution >= 0.6 is 0 Å². The third kappa shape index (κ3) is 2.12. The third-order valence-corrected chi connectivity index (χ3v) is 4.38. The first kappa shape index (κ1) is 13.1. The molecule has 0 N–H and O–H groups in total. The maximum absolute atomic E-state index is 2.62. The molecule has 0 spiro atoms. The van der Waals surface area contributed by atoms with Crippen LogP contribution in [0.15, 0.2) is 0 Å². The average molecular weight is 207 g/mol. The summed E-state index contributed by atoms with van der Waals surface area (Å²) in [7, 11) is 2.62. The summed E-state index contributed by atoms with van der Waals surface area (Å²) in [6.45, 7) is 19.0. The Morgan fingerprint density at radius 3 is 1.67 bits per heavy atom. The summed E-state index contributed by atoms with van der Waals surface area (Å²) < 4.78 is 0. The molecular weight excluding hydrogens is 179 g/mol. The second kappa shape index (κ2) is 3.28. The summed E-state index contributed by atoms with van der Waals surface area (Å²) >= 11 is 0. The lowest BCUT2D eigenvalue weighted by molar-refractivity contribution is 0.186. The maximum Gasteiger partial charge on any atom is 0.126 e. The van der Waals surface area contributed by atoms with Gasteiger partial charge in [0, 0.05) is 0 Å². The molecule has 0 nitrogen and oxygen atoms in total. The van der Waals surface area contributed by atoms with Crippen molar-refractivity contribution in [3.05, 3.63) is 0 Å². The Labute approximate surface area is 97.5 Å². The average Bonchev–Trinajstić information content (AvgIpc) is 2.54. The molecule has 2 unspecified atom stereocenters. The second-order valence-corrected chi connectivity index (χ2v) is 7.87. The topological polar surface area (TPSA) is 0 Å². The zero-order valence-electron chi connectivity index (χ0n) is 12.0. The molecule has 0 aliphatic carbocycles. The minimum atomic E-state index is 0.394. The van der Waals surface area contributed by atoms with Crippen molar-refractivity contribution in [1.82, 2.24) is 0 Å². The van der Waals surface area contributed by atoms with E-state index in [2.05, 4.69) is 62.7 Å². The molecule has 2 atom stereocenters. The summed E-state index contributed by atoms with van der Waals surface area (Å²) in [6.07, 6.45) is 2.59. The van der Waals surface area contributed by atoms with E-state index in [0.29, 0.717) is 21.5 Å². The Morgan fingerprint density at radius 2 is 1.47 bits per heavy atom. The Bertz CT molecular complexity index is 243. The van der Waals surface area contributed by atoms with Crippen molar-refractivity contribution in [2.45, 2.75) is 78.9 Å². The van der Waals surface area contributed by atoms with Crippen molar-refractivity contribution in [2.75, 3.05) is 0 Å². The molecule has 1 saturated heterocycles. The maximum atomic E-state index is 2.62. The van der Waals surface area contributed by atoms with Gasteiger partial charge in [0.1, 0.15) is 7.28 Å². The van der Waals surface area contributed by atoms with Crippen molar-refractivity contribution in [1.29, 1.82) is 0 Å². The van der Waals surface area contributed by atoms with E-state index < -0.39 is 0 Å². The van der Waals surface area contributed by atoms with Crippen LogP contribution in [0, 0.1) is 10.8 Å². The highest BCUT2D eigenvalue weighted by molar-refractivity contribution is 6.60. The van der Waals surface area contributed by atoms with Gasteiger partial charge in [0.25, 0.3) is 0 Å². The van der Waals surface area contributed by atoms with Gasteiger partial charge in [-0.15, -0.1) is 0 Å². The van der Waals surface area contributed by atoms with Gasteiger partial charge in [-0.05, 0) is 17.3 Å². The quantitative estimate of drug-likeness (QED) is 0.563. The first-order valence-electron chi connectivity index (χ1n) is 6.35. The van der Waals surface area contributed by atoms with E-state index in [0.717, 1.165) is 0 Å². The van der Waals surface area contributed by atoms with Gasteiger partial charge in [0.15, 0.2) is 0 Å². The zero-order valence-corrected chi connectivity index (χ0v) is 12.0. The molecule has 0 aromatic heterocycles. The minimum Gasteiger partial charge on any atom is -0.0670 e. The summed E-state index contributed by atoms with van der Waals surface area (Å²) in [5, 5.41) is 0.922. The molecule has 1 radical (unpaired) electrons. The molecule has 1 aliphatic heterocycles. The Hall–Kier alpha value is 0.0649. The SMILES string of the molecule is CCC1(C)[B]C1(CC(C)(C)C)C(C)(C)C. The lowest BCUT2D eigenvalue weighted by Crippen LogP contribution is -2.25. The summed E-state index contributed by atoms with van der Waals surface area (Å²) in [6, 6.07) is 0. The number of rotatable bonds is 2. The van der Waals surface area contributed by atoms with Gasteiger partial charge in [-0.3, -0.25) is 0 Å². The van der Waals surface area contributed by atoms with Crippen molar-refractivity contribution in [2.24, 2.45) is 10.8 Å². The van der Waals surface area contributed by atoms with Crippen molar-refractivity contribution in [3.63, 3.8) is 0 Å². The van der Waals surface area contributed by atoms with E-state index in [1.54, 1.807) is 0 Å². The van der Waals surface area contributed by atoms with Crippen molar-refractivity contribution in [3.8, 4) is 0 Å². The highest BCUT2D eigenvalue weighted by Crippen LogP contribution is 2.81. The van der Waals surface area contributed by atoms with E-state index in [1.165, 1.54) is 12.8 Å². The van der Waals surface area contributed by atoms with Crippen molar-refractivity contribution >= 4 is 7.28 Å². The first-order chi connectivity index (χ1) is 6.47. The smallest absolute Gasteiger partial charge is 0.0670 e. The van der Waals surface area contributed by atoms with Crippen LogP contribution in [-0.4, -0.2) is 7.28 Å². The standard InChI is InChI=1S/C14H28B/c1-9-13(8)14(15-13,12(5,6)7)10-11(2,3)4/h9-10H2,1-8H3. The van der Waals surface area contributed by atoms with Gasteiger partial charge >= 0.3 is 0 Å². The summed E-state index contributed by atoms with van der Waals surface area (Å²) in [5.74, 6) is 0. The van der Waals surface area contributed by atoms with E-state index in [4.69, 9.17) is 0 Å². The van der Waals surface area contributed by atoms with Crippen LogP contribution in [0.1, 0.15) is 68.2 Å². The zero-order chi connectivity index (χ0) is 12.1. The fourth-order valence-electron chi connectivity index (χ4n) is 3.35. The third-order valence-electron chi connectivity index (χ3n) is 4.38. The lowest BCUT2D eigenvalue weighted by Gasteiger charge is -2.41. The molecule has 0 aromatic rings. The molecule has 1 fully saturated rings. The van der Waals surface area contributed by atoms with E-state index in [1.807, 2.05) is 0 Å². The first-order valence-corrected chi connectivity index (χ1v) is 6.35. The normalized spacial score (nSPS) is 36.3. The largest absolute Gasteiger partial charge is 0.126 e. The van der Waals surface area contributed by atoms with Gasteiger partial charge in [-0.2, -0.15) is 0 Å². The number of hydrogen-bond acceptors (Lipinski definition) is 0. The van der Waals surface area contributed by atoms with Gasteiger partial charge in [-0.1, -0.05) is 72.4 Å². The predicted molar refractivity (Wildman–Crippen MR) is 70.6 cm³/mol. The van der Waals surface area contributed by atoms with E-state index in [9.17, 15) is 0 Å². The van der Waals surface area contributed by atoms with Crippen LogP contribution in [0.4, 0.5) is 0 Å². The van der Waals surface area contributed by atoms with Gasteiger partial charge in [0.05, 0.1) is 0 Å². The van der Waals surface area contributed by atoms with Crippen LogP contribution in [0.2, 0.25) is 10.6 Å². The Morgan fingerprint density at radius 1 is 1.00 bits per heavy atom. The number of hydrogen-bond donors (Lipinski definition) is 0. The van der Waals surface area contributed by atoms with Crippen molar-refractivity contribution < 1.29 is 0 Å². The molecule has 0 aromatic carbocycles. The monoisotopic (exact) mass is 207 g/mol. The minimum absolute atomic E-state index is 0.394. The Kier molecular flexibility index (Phi) is 2.87. The van der Waals surface area contributed by atoms with E-state index >= 15 is 0 Å². The van der Waals surface area contributed by atoms with Crippen LogP contribution in [0.5, 0.6) is 0 Å². The highest BCUT2D eigenvalue weighted by atomic mass is 14.6. The fraction of sp³-hybridized carbons (Fsp3) is 1.00. The highest BCUT2D eigenvalue weighted by Gasteiger charge is 2.68. The molecular formula is C14H28B. The molecule has 1 heteroatoms. The van der Waals surface area contributed by atoms with Gasteiger partial charge in [-0.25, -0.2) is 0 Å². The van der Waals surface area contributed by atoms with Gasteiger partial charge < -0.3 is 0 Å². The summed E-state index contributed by atoms with van der Waals surface area (Å²) in [4.78, 5) is 0. The molecule has 0 amide bonds. The second-order valence-electron chi connectivity index (χ2n) is 7.87. The lowest BCUT2D eigenvalue weighted by atomic mass is 9.61. The molecule has 15 heavy (non-hydrogen) atoms. The molecule has 0 bridgehead atoms. The van der Waals surface area contributed by atoms with Gasteiger partial charge in [0.2, 0.25) is 0 Å². The van der Waals surface area contributed by atoms with E-state index in [-0.39, 0.29) is 0 Å². The predicted octanol–water partition coefficient (Wildman–Crippen LogP) is 4.93. The van der Waals surface area contributed by atoms with Crippen LogP contribution in [-0.2, 0) is 0 Å². The molecule has 0 saturated carbocycles. The Balaban J connectivity index is 2.94. The fourth-order valence-corrected chi connectivity index (χ4v) is 3.35. The molecule has 1 rings (SSSR count). The van der Waals surface area contributed by atoms with Crippen LogP contribution < -0.4 is 0 Å². The molecule has 1 aliphatic rings. The molecule has 87 valence electrons. The molecule has 1 heterocycles. The summed E-state index contributed by atoms with van der Waals surface area (Å²) in [5.41, 5.74) is 0.821. The van der Waals surface area contributed by atoms with Crippen LogP contribution in [0.25, 0.3) is 0 Å². The van der Waals surface area contributed by atoms with Crippen LogP contribution in [0.3, 0.4) is 0 Å².